The third-order valence-corrected chi connectivity index (χ3v) is 4.35. The molecule has 0 radical (unpaired) electrons. The number of carbonyl (C=O) groups is 1. The Morgan fingerprint density at radius 1 is 1.40 bits per heavy atom. The zero-order chi connectivity index (χ0) is 14.2. The molecule has 2 atom stereocenters. The minimum Gasteiger partial charge on any atom is -0.430 e. The van der Waals surface area contributed by atoms with E-state index in [0.717, 1.165) is 30.4 Å². The van der Waals surface area contributed by atoms with Crippen LogP contribution in [0.25, 0.3) is 0 Å². The molecule has 1 saturated carbocycles. The summed E-state index contributed by atoms with van der Waals surface area (Å²) in [6.07, 6.45) is 3.71. The summed E-state index contributed by atoms with van der Waals surface area (Å²) in [5, 5.41) is 0. The van der Waals surface area contributed by atoms with Crippen LogP contribution in [-0.4, -0.2) is 12.8 Å². The van der Waals surface area contributed by atoms with Gasteiger partial charge in [0.25, 0.3) is 0 Å². The first-order valence-corrected chi connectivity index (χ1v) is 7.23. The highest BCUT2D eigenvalue weighted by Gasteiger charge is 2.55. The smallest absolute Gasteiger partial charge is 0.430 e. The molecule has 1 aromatic rings. The van der Waals surface area contributed by atoms with Gasteiger partial charge in [0.1, 0.15) is 12.2 Å². The predicted octanol–water partition coefficient (Wildman–Crippen LogP) is 4.28. The third kappa shape index (κ3) is 2.01. The fourth-order valence-corrected chi connectivity index (χ4v) is 3.52. The topological polar surface area (TPSA) is 35.5 Å². The Balaban J connectivity index is 1.79. The van der Waals surface area contributed by atoms with Crippen molar-refractivity contribution >= 4 is 6.16 Å². The zero-order valence-corrected chi connectivity index (χ0v) is 11.9. The molecule has 0 saturated heterocycles. The van der Waals surface area contributed by atoms with Gasteiger partial charge in [0.05, 0.1) is 0 Å². The minimum atomic E-state index is -0.575. The van der Waals surface area contributed by atoms with Crippen LogP contribution >= 0.6 is 0 Å². The lowest BCUT2D eigenvalue weighted by Gasteiger charge is -2.52. The van der Waals surface area contributed by atoms with Gasteiger partial charge in [-0.1, -0.05) is 37.3 Å². The van der Waals surface area contributed by atoms with Gasteiger partial charge in [0.15, 0.2) is 0 Å². The van der Waals surface area contributed by atoms with Crippen molar-refractivity contribution in [2.45, 2.75) is 44.1 Å². The van der Waals surface area contributed by atoms with E-state index in [-0.39, 0.29) is 6.61 Å². The number of hydrogen-bond donors (Lipinski definition) is 0. The molecule has 1 aromatic carbocycles. The number of carbonyl (C=O) groups excluding carboxylic acids is 1. The van der Waals surface area contributed by atoms with Gasteiger partial charge in [-0.2, -0.15) is 0 Å². The molecule has 0 aliphatic heterocycles. The van der Waals surface area contributed by atoms with E-state index < -0.39 is 11.8 Å². The normalized spacial score (nSPS) is 26.8. The molecule has 3 nitrogen and oxygen atoms in total. The Morgan fingerprint density at radius 2 is 2.20 bits per heavy atom. The van der Waals surface area contributed by atoms with Crippen LogP contribution < -0.4 is 0 Å². The van der Waals surface area contributed by atoms with Gasteiger partial charge in [-0.25, -0.2) is 4.79 Å². The van der Waals surface area contributed by atoms with Gasteiger partial charge in [-0.3, -0.25) is 0 Å². The first-order chi connectivity index (χ1) is 9.63. The van der Waals surface area contributed by atoms with Crippen LogP contribution in [0.5, 0.6) is 0 Å². The van der Waals surface area contributed by atoms with Crippen LogP contribution in [0.4, 0.5) is 4.79 Å². The fraction of sp³-hybridized carbons (Fsp3) is 0.471. The second kappa shape index (κ2) is 4.97. The third-order valence-electron chi connectivity index (χ3n) is 4.35. The van der Waals surface area contributed by atoms with E-state index in [4.69, 9.17) is 9.47 Å². The lowest BCUT2D eigenvalue weighted by Crippen LogP contribution is -2.49. The Labute approximate surface area is 119 Å². The molecule has 0 amide bonds. The summed E-state index contributed by atoms with van der Waals surface area (Å²) >= 11 is 0. The second-order valence-corrected chi connectivity index (χ2v) is 5.87. The van der Waals surface area contributed by atoms with E-state index in [2.05, 4.69) is 24.8 Å². The maximum Gasteiger partial charge on any atom is 0.509 e. The first-order valence-electron chi connectivity index (χ1n) is 7.23. The van der Waals surface area contributed by atoms with Crippen molar-refractivity contribution in [3.8, 4) is 0 Å². The fourth-order valence-electron chi connectivity index (χ4n) is 3.52. The van der Waals surface area contributed by atoms with E-state index in [1.54, 1.807) is 0 Å². The molecule has 20 heavy (non-hydrogen) atoms. The van der Waals surface area contributed by atoms with Crippen LogP contribution in [-0.2, 0) is 15.1 Å². The van der Waals surface area contributed by atoms with Crippen molar-refractivity contribution in [1.29, 1.82) is 0 Å². The molecule has 1 fully saturated rings. The second-order valence-electron chi connectivity index (χ2n) is 5.87. The monoisotopic (exact) mass is 272 g/mol. The molecule has 106 valence electrons. The van der Waals surface area contributed by atoms with Crippen LogP contribution in [0, 0.1) is 0 Å². The largest absolute Gasteiger partial charge is 0.509 e. The van der Waals surface area contributed by atoms with Gasteiger partial charge >= 0.3 is 6.16 Å². The van der Waals surface area contributed by atoms with Crippen molar-refractivity contribution in [2.24, 2.45) is 0 Å². The summed E-state index contributed by atoms with van der Waals surface area (Å²) in [6, 6.07) is 8.28. The van der Waals surface area contributed by atoms with Crippen molar-refractivity contribution in [3.05, 3.63) is 47.5 Å². The summed E-state index contributed by atoms with van der Waals surface area (Å²) in [5.41, 5.74) is 2.87. The average Bonchev–Trinajstić information content (AvgIpc) is 2.44. The highest BCUT2D eigenvalue weighted by molar-refractivity contribution is 5.63. The first kappa shape index (κ1) is 13.2. The standard InChI is InChI=1S/C17H20O3/c1-12(2)11-19-16(18)20-17-10-6-5-9-15(17)13-7-3-4-8-14(13)17/h3-4,7-8,15H,1,5-6,9-11H2,2H3/t15-,17-/m1/s1. The number of rotatable bonds is 3. The van der Waals surface area contributed by atoms with E-state index >= 15 is 0 Å². The average molecular weight is 272 g/mol. The molecular formula is C17H20O3. The Kier molecular flexibility index (Phi) is 3.28. The van der Waals surface area contributed by atoms with Gasteiger partial charge in [-0.05, 0) is 42.9 Å². The van der Waals surface area contributed by atoms with Gasteiger partial charge < -0.3 is 9.47 Å². The molecule has 0 spiro atoms. The van der Waals surface area contributed by atoms with Gasteiger partial charge in [0.2, 0.25) is 0 Å². The summed E-state index contributed by atoms with van der Waals surface area (Å²) in [4.78, 5) is 11.9. The number of fused-ring (bicyclic) bond motifs is 4. The molecule has 0 aromatic heterocycles. The van der Waals surface area contributed by atoms with Gasteiger partial charge in [-0.15, -0.1) is 0 Å². The lowest BCUT2D eigenvalue weighted by atomic mass is 9.58. The molecule has 0 heterocycles. The van der Waals surface area contributed by atoms with E-state index in [1.165, 1.54) is 12.0 Å². The van der Waals surface area contributed by atoms with Gasteiger partial charge in [0, 0.05) is 5.92 Å². The molecular weight excluding hydrogens is 252 g/mol. The highest BCUT2D eigenvalue weighted by Crippen LogP contribution is 2.59. The summed E-state index contributed by atoms with van der Waals surface area (Å²) in [6.45, 7) is 5.77. The lowest BCUT2D eigenvalue weighted by molar-refractivity contribution is -0.0892. The Morgan fingerprint density at radius 3 is 3.00 bits per heavy atom. The molecule has 0 unspecified atom stereocenters. The van der Waals surface area contributed by atoms with E-state index in [9.17, 15) is 4.79 Å². The van der Waals surface area contributed by atoms with Crippen molar-refractivity contribution in [2.75, 3.05) is 6.61 Å². The number of benzene rings is 1. The Hall–Kier alpha value is -1.77. The number of hydrogen-bond acceptors (Lipinski definition) is 3. The maximum atomic E-state index is 11.9. The van der Waals surface area contributed by atoms with Crippen LogP contribution in [0.3, 0.4) is 0 Å². The van der Waals surface area contributed by atoms with E-state index in [0.29, 0.717) is 5.92 Å². The molecule has 0 bridgehead atoms. The Bertz CT molecular complexity index is 549. The SMILES string of the molecule is C=C(C)COC(=O)O[C@@]12CCCC[C@@H]1c1ccccc12. The summed E-state index contributed by atoms with van der Waals surface area (Å²) < 4.78 is 10.9. The van der Waals surface area contributed by atoms with Crippen molar-refractivity contribution in [3.63, 3.8) is 0 Å². The maximum absolute atomic E-state index is 11.9. The van der Waals surface area contributed by atoms with Crippen LogP contribution in [0.2, 0.25) is 0 Å². The van der Waals surface area contributed by atoms with Crippen LogP contribution in [0.15, 0.2) is 36.4 Å². The van der Waals surface area contributed by atoms with Crippen LogP contribution in [0.1, 0.15) is 49.7 Å². The summed E-state index contributed by atoms with van der Waals surface area (Å²) in [7, 11) is 0. The minimum absolute atomic E-state index is 0.223. The molecule has 0 N–H and O–H groups in total. The van der Waals surface area contributed by atoms with Crippen molar-refractivity contribution < 1.29 is 14.3 Å². The molecule has 3 heteroatoms. The molecule has 2 aliphatic carbocycles. The summed E-state index contributed by atoms with van der Waals surface area (Å²) in [5.74, 6) is 0.338. The zero-order valence-electron chi connectivity index (χ0n) is 11.9. The molecule has 3 rings (SSSR count). The highest BCUT2D eigenvalue weighted by atomic mass is 16.7. The predicted molar refractivity (Wildman–Crippen MR) is 76.6 cm³/mol. The quantitative estimate of drug-likeness (QED) is 0.608. The number of ether oxygens (including phenoxy) is 2. The molecule has 2 aliphatic rings. The van der Waals surface area contributed by atoms with Crippen molar-refractivity contribution in [1.82, 2.24) is 0 Å². The van der Waals surface area contributed by atoms with E-state index in [1.807, 2.05) is 13.0 Å².